The summed E-state index contributed by atoms with van der Waals surface area (Å²) in [5.74, 6) is -10.4. The largest absolute Gasteiger partial charge is 0.481 e. The number of likely N-dealkylation sites (tertiary alicyclic amines) is 2. The number of unbranched alkanes of at least 4 members (excludes halogenated alkanes) is 1. The summed E-state index contributed by atoms with van der Waals surface area (Å²) >= 11 is 0. The third-order valence-corrected chi connectivity index (χ3v) is 13.3. The van der Waals surface area contributed by atoms with Crippen molar-refractivity contribution in [2.75, 3.05) is 19.6 Å². The Bertz CT molecular complexity index is 2160. The van der Waals surface area contributed by atoms with Crippen LogP contribution < -0.4 is 49.1 Å². The number of hydrogen-bond acceptors (Lipinski definition) is 13. The van der Waals surface area contributed by atoms with E-state index in [4.69, 9.17) is 17.2 Å². The fraction of sp³-hybridized carbons (Fsp3) is 0.667. The fourth-order valence-corrected chi connectivity index (χ4v) is 9.10. The van der Waals surface area contributed by atoms with Gasteiger partial charge in [-0.3, -0.25) is 47.9 Å². The molecule has 418 valence electrons. The molecule has 9 atom stereocenters. The molecule has 0 aromatic heterocycles. The monoisotopic (exact) mass is 1060 g/mol. The molecule has 2 saturated heterocycles. The Morgan fingerprint density at radius 2 is 1.15 bits per heavy atom. The number of carbonyl (C=O) groups is 11. The van der Waals surface area contributed by atoms with E-state index in [0.717, 1.165) is 0 Å². The van der Waals surface area contributed by atoms with Gasteiger partial charge in [0.05, 0.1) is 6.04 Å². The number of hydrogen-bond donors (Lipinski definition) is 11. The molecule has 1 aromatic rings. The van der Waals surface area contributed by atoms with E-state index in [2.05, 4.69) is 31.9 Å². The van der Waals surface area contributed by atoms with Crippen LogP contribution in [0, 0.1) is 17.8 Å². The molecule has 0 saturated carbocycles. The summed E-state index contributed by atoms with van der Waals surface area (Å²) in [6.07, 6.45) is 1.30. The number of carboxylic acid groups (broad SMARTS) is 2. The van der Waals surface area contributed by atoms with Crippen molar-refractivity contribution in [3.8, 4) is 0 Å². The molecule has 2 heterocycles. The molecular formula is C51H81N11O13. The van der Waals surface area contributed by atoms with Crippen molar-refractivity contribution in [3.05, 3.63) is 35.9 Å². The predicted octanol–water partition coefficient (Wildman–Crippen LogP) is -0.851. The van der Waals surface area contributed by atoms with Crippen LogP contribution in [-0.2, 0) is 59.2 Å². The van der Waals surface area contributed by atoms with Crippen LogP contribution in [-0.4, -0.2) is 159 Å². The molecule has 0 aliphatic carbocycles. The summed E-state index contributed by atoms with van der Waals surface area (Å²) in [6, 6.07) is -2.38. The molecule has 24 nitrogen and oxygen atoms in total. The Balaban J connectivity index is 1.79. The van der Waals surface area contributed by atoms with Gasteiger partial charge in [-0.1, -0.05) is 78.3 Å². The highest BCUT2D eigenvalue weighted by molar-refractivity contribution is 5.99. The molecule has 2 aliphatic rings. The van der Waals surface area contributed by atoms with Crippen molar-refractivity contribution in [3.63, 3.8) is 0 Å². The fourth-order valence-electron chi connectivity index (χ4n) is 9.10. The van der Waals surface area contributed by atoms with E-state index in [1.54, 1.807) is 71.9 Å². The molecule has 0 bridgehead atoms. The molecule has 2 fully saturated rings. The SMILES string of the molecule is CC(C)C[C@H](NC(=O)[C@H](CCC(=O)O)NC(=O)[C@@H](NC(=O)[C@@H]1CCCN1C(=O)[C@@H]1CCCN1C(=O)[C@H](CCC(N)=O)NC(=O)[C@@H](NC(=O)[C@@H](N)CCCCN)C(C)C)C(C)C)C(=O)N[C@@H](Cc1ccccc1)C(=O)O. The lowest BCUT2D eigenvalue weighted by atomic mass is 9.99. The van der Waals surface area contributed by atoms with E-state index in [-0.39, 0.29) is 57.5 Å². The number of rotatable bonds is 31. The van der Waals surface area contributed by atoms with Crippen LogP contribution in [0.1, 0.15) is 124 Å². The lowest BCUT2D eigenvalue weighted by Gasteiger charge is -2.34. The van der Waals surface area contributed by atoms with Crippen LogP contribution in [0.15, 0.2) is 30.3 Å². The van der Waals surface area contributed by atoms with E-state index >= 15 is 0 Å². The first-order valence-corrected chi connectivity index (χ1v) is 26.0. The summed E-state index contributed by atoms with van der Waals surface area (Å²) in [7, 11) is 0. The van der Waals surface area contributed by atoms with E-state index in [1.165, 1.54) is 9.80 Å². The molecule has 0 unspecified atom stereocenters. The number of primary amides is 1. The van der Waals surface area contributed by atoms with Crippen LogP contribution in [0.25, 0.3) is 0 Å². The second-order valence-corrected chi connectivity index (χ2v) is 20.6. The minimum atomic E-state index is -1.52. The number of aliphatic carboxylic acids is 2. The first-order valence-electron chi connectivity index (χ1n) is 26.0. The molecule has 14 N–H and O–H groups in total. The minimum absolute atomic E-state index is 0.0483. The quantitative estimate of drug-likeness (QED) is 0.0404. The number of amides is 9. The van der Waals surface area contributed by atoms with Crippen LogP contribution in [0.3, 0.4) is 0 Å². The zero-order valence-corrected chi connectivity index (χ0v) is 44.1. The first-order chi connectivity index (χ1) is 35.4. The van der Waals surface area contributed by atoms with Crippen molar-refractivity contribution in [2.45, 2.75) is 179 Å². The number of benzene rings is 1. The number of carbonyl (C=O) groups excluding carboxylic acids is 9. The van der Waals surface area contributed by atoms with Gasteiger partial charge in [0.15, 0.2) is 0 Å². The van der Waals surface area contributed by atoms with Gasteiger partial charge in [0.1, 0.15) is 48.3 Å². The topological polar surface area (TPSA) is 385 Å². The summed E-state index contributed by atoms with van der Waals surface area (Å²) in [4.78, 5) is 150. The van der Waals surface area contributed by atoms with E-state index in [1.807, 2.05) is 0 Å². The van der Waals surface area contributed by atoms with Gasteiger partial charge in [0.2, 0.25) is 53.2 Å². The molecule has 0 spiro atoms. The summed E-state index contributed by atoms with van der Waals surface area (Å²) in [5.41, 5.74) is 17.7. The van der Waals surface area contributed by atoms with Gasteiger partial charge in [0.25, 0.3) is 0 Å². The lowest BCUT2D eigenvalue weighted by Crippen LogP contribution is -2.61. The van der Waals surface area contributed by atoms with E-state index in [9.17, 15) is 63.0 Å². The molecule has 3 rings (SSSR count). The maximum Gasteiger partial charge on any atom is 0.326 e. The average Bonchev–Trinajstić information content (AvgIpc) is 4.05. The third-order valence-electron chi connectivity index (χ3n) is 13.3. The number of carboxylic acids is 2. The maximum absolute atomic E-state index is 14.4. The van der Waals surface area contributed by atoms with E-state index < -0.39 is 144 Å². The van der Waals surface area contributed by atoms with Gasteiger partial charge < -0.3 is 69.1 Å². The Kier molecular flexibility index (Phi) is 25.6. The molecule has 2 aliphatic heterocycles. The molecule has 24 heteroatoms. The normalized spacial score (nSPS) is 18.2. The second kappa shape index (κ2) is 30.6. The summed E-state index contributed by atoms with van der Waals surface area (Å²) < 4.78 is 0. The Labute approximate surface area is 438 Å². The summed E-state index contributed by atoms with van der Waals surface area (Å²) in [5, 5.41) is 35.1. The second-order valence-electron chi connectivity index (χ2n) is 20.6. The Morgan fingerprint density at radius 3 is 1.71 bits per heavy atom. The highest BCUT2D eigenvalue weighted by atomic mass is 16.4. The Morgan fingerprint density at radius 1 is 0.613 bits per heavy atom. The third kappa shape index (κ3) is 19.8. The predicted molar refractivity (Wildman–Crippen MR) is 274 cm³/mol. The van der Waals surface area contributed by atoms with Crippen molar-refractivity contribution in [1.82, 2.24) is 41.7 Å². The number of nitrogens with zero attached hydrogens (tertiary/aromatic N) is 2. The standard InChI is InChI=1S/C51H81N11O13/c1-28(2)26-35(45(68)58-36(51(74)75)27-31-14-8-7-9-15-31)57-44(67)33(20-22-40(64)65)55-47(70)42(30(5)6)60-46(69)37-17-12-24-61(37)50(73)38-18-13-25-62(38)49(72)34(19-21-39(54)63)56-48(71)41(29(3)4)59-43(66)32(53)16-10-11-23-52/h7-9,14-15,28-30,32-38,41-42H,10-13,16-27,52-53H2,1-6H3,(H2,54,63)(H,55,70)(H,56,71)(H,57,67)(H,58,68)(H,59,66)(H,60,69)(H,64,65)(H,74,75)/t32-,33-,34-,35-,36-,37-,38-,41-,42-/m0/s1. The van der Waals surface area contributed by atoms with Crippen molar-refractivity contribution in [2.24, 2.45) is 35.0 Å². The van der Waals surface area contributed by atoms with Crippen LogP contribution in [0.4, 0.5) is 0 Å². The zero-order chi connectivity index (χ0) is 56.1. The van der Waals surface area contributed by atoms with Gasteiger partial charge in [0, 0.05) is 32.4 Å². The van der Waals surface area contributed by atoms with Crippen molar-refractivity contribution >= 4 is 65.1 Å². The van der Waals surface area contributed by atoms with Crippen molar-refractivity contribution in [1.29, 1.82) is 0 Å². The van der Waals surface area contributed by atoms with Crippen LogP contribution in [0.5, 0.6) is 0 Å². The molecule has 1 aromatic carbocycles. The average molecular weight is 1060 g/mol. The maximum atomic E-state index is 14.4. The highest BCUT2D eigenvalue weighted by Gasteiger charge is 2.45. The van der Waals surface area contributed by atoms with Crippen LogP contribution >= 0.6 is 0 Å². The first kappa shape index (κ1) is 62.6. The lowest BCUT2D eigenvalue weighted by molar-refractivity contribution is -0.148. The smallest absolute Gasteiger partial charge is 0.326 e. The van der Waals surface area contributed by atoms with Gasteiger partial charge in [-0.05, 0) is 87.6 Å². The Hall–Kier alpha value is -6.69. The summed E-state index contributed by atoms with van der Waals surface area (Å²) in [6.45, 7) is 10.9. The molecule has 75 heavy (non-hydrogen) atoms. The molecule has 0 radical (unpaired) electrons. The molecule has 9 amide bonds. The van der Waals surface area contributed by atoms with E-state index in [0.29, 0.717) is 44.2 Å². The van der Waals surface area contributed by atoms with Gasteiger partial charge in [-0.15, -0.1) is 0 Å². The minimum Gasteiger partial charge on any atom is -0.481 e. The number of nitrogens with one attached hydrogen (secondary N) is 6. The van der Waals surface area contributed by atoms with Gasteiger partial charge in [-0.2, -0.15) is 0 Å². The highest BCUT2D eigenvalue weighted by Crippen LogP contribution is 2.27. The zero-order valence-electron chi connectivity index (χ0n) is 44.1. The molecular weight excluding hydrogens is 975 g/mol. The van der Waals surface area contributed by atoms with Crippen LogP contribution in [0.2, 0.25) is 0 Å². The van der Waals surface area contributed by atoms with Gasteiger partial charge >= 0.3 is 11.9 Å². The van der Waals surface area contributed by atoms with Crippen molar-refractivity contribution < 1.29 is 63.0 Å². The number of nitrogens with two attached hydrogens (primary N) is 3. The van der Waals surface area contributed by atoms with Gasteiger partial charge in [-0.25, -0.2) is 4.79 Å².